The van der Waals surface area contributed by atoms with Crippen molar-refractivity contribution < 1.29 is 19.1 Å². The molecule has 0 aliphatic carbocycles. The van der Waals surface area contributed by atoms with Crippen molar-refractivity contribution in [2.75, 3.05) is 11.4 Å². The van der Waals surface area contributed by atoms with Gasteiger partial charge < -0.3 is 14.8 Å². The molecule has 1 atom stereocenters. The molecule has 164 valence electrons. The van der Waals surface area contributed by atoms with Crippen LogP contribution >= 0.6 is 0 Å². The predicted octanol–water partition coefficient (Wildman–Crippen LogP) is 3.65. The second-order valence-electron chi connectivity index (χ2n) is 7.75. The van der Waals surface area contributed by atoms with Crippen LogP contribution in [0.15, 0.2) is 72.9 Å². The second-order valence-corrected chi connectivity index (χ2v) is 7.75. The van der Waals surface area contributed by atoms with E-state index in [-0.39, 0.29) is 24.5 Å². The van der Waals surface area contributed by atoms with E-state index in [2.05, 4.69) is 10.3 Å². The van der Waals surface area contributed by atoms with Crippen molar-refractivity contribution in [3.63, 3.8) is 0 Å². The number of rotatable bonds is 7. The molecule has 1 aromatic heterocycles. The van der Waals surface area contributed by atoms with E-state index in [1.807, 2.05) is 68.4 Å². The Hall–Kier alpha value is -3.87. The van der Waals surface area contributed by atoms with Gasteiger partial charge in [0.05, 0.1) is 6.10 Å². The van der Waals surface area contributed by atoms with Crippen molar-refractivity contribution in [3.05, 3.63) is 84.1 Å². The number of anilines is 1. The van der Waals surface area contributed by atoms with E-state index in [0.29, 0.717) is 18.1 Å². The number of ether oxygens (including phenoxy) is 2. The molecule has 7 nitrogen and oxygen atoms in total. The van der Waals surface area contributed by atoms with Crippen LogP contribution in [-0.4, -0.2) is 29.4 Å². The van der Waals surface area contributed by atoms with E-state index in [0.717, 1.165) is 16.9 Å². The smallest absolute Gasteiger partial charge is 0.274 e. The summed E-state index contributed by atoms with van der Waals surface area (Å²) in [6.45, 7) is 4.13. The van der Waals surface area contributed by atoms with Gasteiger partial charge in [0.1, 0.15) is 12.3 Å². The molecule has 2 aromatic carbocycles. The minimum absolute atomic E-state index is 0.0998. The summed E-state index contributed by atoms with van der Waals surface area (Å²) in [6.07, 6.45) is 0.848. The molecule has 32 heavy (non-hydrogen) atoms. The SMILES string of the molecule is CC(C)Oc1ccc(CNC(=O)CN2C(=O)C(c3ccccc3)Oc3cccnc32)cc1. The first-order valence-corrected chi connectivity index (χ1v) is 10.5. The molecule has 0 fully saturated rings. The summed E-state index contributed by atoms with van der Waals surface area (Å²) in [4.78, 5) is 31.5. The van der Waals surface area contributed by atoms with Gasteiger partial charge in [0.15, 0.2) is 11.6 Å². The van der Waals surface area contributed by atoms with Crippen molar-refractivity contribution >= 4 is 17.6 Å². The molecule has 2 amide bonds. The normalized spacial score (nSPS) is 15.2. The molecular weight excluding hydrogens is 406 g/mol. The summed E-state index contributed by atoms with van der Waals surface area (Å²) in [7, 11) is 0. The van der Waals surface area contributed by atoms with Gasteiger partial charge in [-0.15, -0.1) is 0 Å². The fraction of sp³-hybridized carbons (Fsp3) is 0.240. The molecule has 2 heterocycles. The molecule has 0 radical (unpaired) electrons. The lowest BCUT2D eigenvalue weighted by atomic mass is 10.1. The molecule has 1 N–H and O–H groups in total. The fourth-order valence-electron chi connectivity index (χ4n) is 3.45. The van der Waals surface area contributed by atoms with Crippen molar-refractivity contribution in [2.45, 2.75) is 32.6 Å². The number of fused-ring (bicyclic) bond motifs is 1. The number of hydrogen-bond acceptors (Lipinski definition) is 5. The van der Waals surface area contributed by atoms with E-state index < -0.39 is 6.10 Å². The third-order valence-electron chi connectivity index (χ3n) is 4.93. The number of benzene rings is 2. The maximum absolute atomic E-state index is 13.2. The third-order valence-corrected chi connectivity index (χ3v) is 4.93. The number of pyridine rings is 1. The molecule has 1 unspecified atom stereocenters. The quantitative estimate of drug-likeness (QED) is 0.618. The highest BCUT2D eigenvalue weighted by Crippen LogP contribution is 2.36. The van der Waals surface area contributed by atoms with Crippen molar-refractivity contribution in [1.82, 2.24) is 10.3 Å². The van der Waals surface area contributed by atoms with Gasteiger partial charge in [-0.25, -0.2) is 4.98 Å². The van der Waals surface area contributed by atoms with Crippen LogP contribution in [-0.2, 0) is 16.1 Å². The molecule has 0 bridgehead atoms. The van der Waals surface area contributed by atoms with Crippen molar-refractivity contribution in [2.24, 2.45) is 0 Å². The van der Waals surface area contributed by atoms with Crippen LogP contribution in [0.3, 0.4) is 0 Å². The average molecular weight is 431 g/mol. The maximum Gasteiger partial charge on any atom is 0.274 e. The van der Waals surface area contributed by atoms with Gasteiger partial charge in [-0.3, -0.25) is 14.5 Å². The highest BCUT2D eigenvalue weighted by molar-refractivity contribution is 6.03. The van der Waals surface area contributed by atoms with E-state index >= 15 is 0 Å². The van der Waals surface area contributed by atoms with E-state index in [9.17, 15) is 9.59 Å². The summed E-state index contributed by atoms with van der Waals surface area (Å²) < 4.78 is 11.5. The molecule has 0 saturated carbocycles. The van der Waals surface area contributed by atoms with Crippen LogP contribution in [0.1, 0.15) is 31.1 Å². The molecule has 4 rings (SSSR count). The summed E-state index contributed by atoms with van der Waals surface area (Å²) in [5.74, 6) is 0.979. The van der Waals surface area contributed by atoms with Gasteiger partial charge in [0.25, 0.3) is 5.91 Å². The van der Waals surface area contributed by atoms with Crippen LogP contribution in [0, 0.1) is 0 Å². The first-order valence-electron chi connectivity index (χ1n) is 10.5. The van der Waals surface area contributed by atoms with Gasteiger partial charge in [-0.2, -0.15) is 0 Å². The van der Waals surface area contributed by atoms with Crippen LogP contribution in [0.4, 0.5) is 5.82 Å². The Bertz CT molecular complexity index is 1080. The van der Waals surface area contributed by atoms with E-state index in [1.54, 1.807) is 18.3 Å². The molecular formula is C25H25N3O4. The highest BCUT2D eigenvalue weighted by atomic mass is 16.5. The lowest BCUT2D eigenvalue weighted by Gasteiger charge is -2.33. The van der Waals surface area contributed by atoms with E-state index in [4.69, 9.17) is 9.47 Å². The number of aromatic nitrogens is 1. The molecule has 1 aliphatic heterocycles. The van der Waals surface area contributed by atoms with Crippen molar-refractivity contribution in [1.29, 1.82) is 0 Å². The Labute approximate surface area is 187 Å². The number of carbonyl (C=O) groups is 2. The first kappa shape index (κ1) is 21.4. The maximum atomic E-state index is 13.2. The van der Waals surface area contributed by atoms with Crippen LogP contribution in [0.2, 0.25) is 0 Å². The number of nitrogens with zero attached hydrogens (tertiary/aromatic N) is 2. The minimum atomic E-state index is -0.825. The number of hydrogen-bond donors (Lipinski definition) is 1. The number of amides is 2. The van der Waals surface area contributed by atoms with Gasteiger partial charge in [0.2, 0.25) is 12.0 Å². The largest absolute Gasteiger partial charge is 0.491 e. The average Bonchev–Trinajstić information content (AvgIpc) is 2.80. The fourth-order valence-corrected chi connectivity index (χ4v) is 3.45. The lowest BCUT2D eigenvalue weighted by molar-refractivity contribution is -0.129. The molecule has 1 aliphatic rings. The van der Waals surface area contributed by atoms with Crippen LogP contribution in [0.25, 0.3) is 0 Å². The Balaban J connectivity index is 1.45. The van der Waals surface area contributed by atoms with Crippen LogP contribution < -0.4 is 19.7 Å². The van der Waals surface area contributed by atoms with Gasteiger partial charge in [-0.05, 0) is 43.7 Å². The Morgan fingerprint density at radius 1 is 1.09 bits per heavy atom. The van der Waals surface area contributed by atoms with E-state index in [1.165, 1.54) is 4.90 Å². The van der Waals surface area contributed by atoms with Gasteiger partial charge >= 0.3 is 0 Å². The lowest BCUT2D eigenvalue weighted by Crippen LogP contribution is -2.46. The molecule has 3 aromatic rings. The number of carbonyl (C=O) groups excluding carboxylic acids is 2. The second kappa shape index (κ2) is 9.51. The zero-order chi connectivity index (χ0) is 22.5. The topological polar surface area (TPSA) is 80.8 Å². The standard InChI is InChI=1S/C25H25N3O4/c1-17(2)31-20-12-10-18(11-13-20)15-27-22(29)16-28-24-21(9-6-14-26-24)32-23(25(28)30)19-7-4-3-5-8-19/h3-14,17,23H,15-16H2,1-2H3,(H,27,29). The monoisotopic (exact) mass is 431 g/mol. The van der Waals surface area contributed by atoms with Gasteiger partial charge in [-0.1, -0.05) is 42.5 Å². The molecule has 7 heteroatoms. The van der Waals surface area contributed by atoms with Crippen LogP contribution in [0.5, 0.6) is 11.5 Å². The Morgan fingerprint density at radius 3 is 2.56 bits per heavy atom. The number of nitrogens with one attached hydrogen (secondary N) is 1. The first-order chi connectivity index (χ1) is 15.5. The minimum Gasteiger partial charge on any atom is -0.491 e. The Kier molecular flexibility index (Phi) is 6.35. The zero-order valence-electron chi connectivity index (χ0n) is 18.0. The molecule has 0 spiro atoms. The van der Waals surface area contributed by atoms with Gasteiger partial charge in [0, 0.05) is 18.3 Å². The summed E-state index contributed by atoms with van der Waals surface area (Å²) in [5, 5.41) is 2.87. The van der Waals surface area contributed by atoms with Crippen molar-refractivity contribution in [3.8, 4) is 11.5 Å². The Morgan fingerprint density at radius 2 is 1.84 bits per heavy atom. The summed E-state index contributed by atoms with van der Waals surface area (Å²) in [6, 6.07) is 20.3. The predicted molar refractivity (Wildman–Crippen MR) is 120 cm³/mol. The zero-order valence-corrected chi connectivity index (χ0v) is 18.0. The third kappa shape index (κ3) is 4.88. The highest BCUT2D eigenvalue weighted by Gasteiger charge is 2.37. The summed E-state index contributed by atoms with van der Waals surface area (Å²) >= 11 is 0. The molecule has 0 saturated heterocycles. The summed E-state index contributed by atoms with van der Waals surface area (Å²) in [5.41, 5.74) is 1.66.